The Morgan fingerprint density at radius 3 is 2.56 bits per heavy atom. The Balaban J connectivity index is 1.38. The molecule has 0 aliphatic heterocycles. The third kappa shape index (κ3) is 5.41. The number of ether oxygens (including phenoxy) is 3. The van der Waals surface area contributed by atoms with Gasteiger partial charge in [-0.2, -0.15) is 13.2 Å². The van der Waals surface area contributed by atoms with Crippen LogP contribution < -0.4 is 19.5 Å². The maximum Gasteiger partial charge on any atom is 0.416 e. The molecule has 200 valence electrons. The number of nitrogens with one attached hydrogen (secondary N) is 1. The summed E-state index contributed by atoms with van der Waals surface area (Å²) in [6.07, 6.45) is -3.29. The van der Waals surface area contributed by atoms with E-state index in [9.17, 15) is 22.4 Å². The summed E-state index contributed by atoms with van der Waals surface area (Å²) >= 11 is 1.07. The van der Waals surface area contributed by atoms with Crippen molar-refractivity contribution in [1.82, 2.24) is 9.97 Å². The number of hydrogen-bond donors (Lipinski definition) is 1. The minimum atomic E-state index is -4.51. The van der Waals surface area contributed by atoms with Crippen molar-refractivity contribution in [3.05, 3.63) is 77.7 Å². The molecule has 0 aliphatic carbocycles. The molecule has 5 aromatic rings. The minimum Gasteiger partial charge on any atom is -0.493 e. The smallest absolute Gasteiger partial charge is 0.416 e. The Morgan fingerprint density at radius 2 is 1.82 bits per heavy atom. The van der Waals surface area contributed by atoms with Crippen molar-refractivity contribution in [2.24, 2.45) is 0 Å². The van der Waals surface area contributed by atoms with Crippen LogP contribution in [0.25, 0.3) is 21.1 Å². The molecule has 2 aromatic heterocycles. The average Bonchev–Trinajstić information content (AvgIpc) is 3.28. The summed E-state index contributed by atoms with van der Waals surface area (Å²) in [6.45, 7) is 0. The van der Waals surface area contributed by atoms with Crippen molar-refractivity contribution >= 4 is 43.5 Å². The van der Waals surface area contributed by atoms with Crippen LogP contribution in [-0.2, 0) is 17.4 Å². The first-order chi connectivity index (χ1) is 18.7. The van der Waals surface area contributed by atoms with E-state index in [1.807, 2.05) is 0 Å². The van der Waals surface area contributed by atoms with Gasteiger partial charge in [0.25, 0.3) is 0 Å². The van der Waals surface area contributed by atoms with Crippen LogP contribution in [0.3, 0.4) is 0 Å². The predicted octanol–water partition coefficient (Wildman–Crippen LogP) is 6.99. The van der Waals surface area contributed by atoms with E-state index in [4.69, 9.17) is 14.2 Å². The Bertz CT molecular complexity index is 1700. The van der Waals surface area contributed by atoms with Crippen LogP contribution in [0.5, 0.6) is 23.0 Å². The molecule has 0 unspecified atom stereocenters. The van der Waals surface area contributed by atoms with Gasteiger partial charge in [0.05, 0.1) is 36.4 Å². The van der Waals surface area contributed by atoms with Gasteiger partial charge in [0.15, 0.2) is 28.2 Å². The van der Waals surface area contributed by atoms with Crippen LogP contribution in [0, 0.1) is 5.82 Å². The maximum absolute atomic E-state index is 15.0. The number of pyridine rings is 1. The Kier molecular flexibility index (Phi) is 6.96. The fourth-order valence-electron chi connectivity index (χ4n) is 3.98. The summed E-state index contributed by atoms with van der Waals surface area (Å²) in [6, 6.07) is 12.2. The van der Waals surface area contributed by atoms with E-state index in [0.29, 0.717) is 32.9 Å². The van der Waals surface area contributed by atoms with Gasteiger partial charge in [-0.05, 0) is 29.8 Å². The Morgan fingerprint density at radius 1 is 1.00 bits per heavy atom. The molecule has 0 radical (unpaired) electrons. The van der Waals surface area contributed by atoms with E-state index < -0.39 is 23.5 Å². The SMILES string of the molecule is COc1ccc2c(Oc3cc4sc(NC(=O)Cc5cccc(C(F)(F)F)c5)nc4cc3F)ccnc2c1OC. The Labute approximate surface area is 223 Å². The van der Waals surface area contributed by atoms with E-state index >= 15 is 0 Å². The molecular formula is C27H19F4N3O4S. The molecule has 3 aromatic carbocycles. The van der Waals surface area contributed by atoms with E-state index in [0.717, 1.165) is 23.5 Å². The summed E-state index contributed by atoms with van der Waals surface area (Å²) in [5.74, 6) is -0.0921. The molecule has 12 heteroatoms. The van der Waals surface area contributed by atoms with Crippen molar-refractivity contribution in [3.8, 4) is 23.0 Å². The number of nitrogens with zero attached hydrogens (tertiary/aromatic N) is 2. The number of fused-ring (bicyclic) bond motifs is 2. The third-order valence-electron chi connectivity index (χ3n) is 5.74. The average molecular weight is 558 g/mol. The van der Waals surface area contributed by atoms with Crippen LogP contribution in [0.2, 0.25) is 0 Å². The minimum absolute atomic E-state index is 0.0738. The van der Waals surface area contributed by atoms with Crippen molar-refractivity contribution in [1.29, 1.82) is 0 Å². The highest BCUT2D eigenvalue weighted by atomic mass is 32.1. The quantitative estimate of drug-likeness (QED) is 0.217. The number of aromatic nitrogens is 2. The highest BCUT2D eigenvalue weighted by molar-refractivity contribution is 7.22. The number of amides is 1. The second-order valence-electron chi connectivity index (χ2n) is 8.30. The number of carbonyl (C=O) groups is 1. The van der Waals surface area contributed by atoms with Crippen molar-refractivity contribution in [2.75, 3.05) is 19.5 Å². The highest BCUT2D eigenvalue weighted by Gasteiger charge is 2.30. The lowest BCUT2D eigenvalue weighted by Crippen LogP contribution is -2.15. The van der Waals surface area contributed by atoms with E-state index in [1.54, 1.807) is 18.2 Å². The molecule has 1 amide bonds. The molecule has 0 spiro atoms. The lowest BCUT2D eigenvalue weighted by atomic mass is 10.1. The fraction of sp³-hybridized carbons (Fsp3) is 0.148. The highest BCUT2D eigenvalue weighted by Crippen LogP contribution is 2.40. The first-order valence-electron chi connectivity index (χ1n) is 11.4. The van der Waals surface area contributed by atoms with E-state index in [1.165, 1.54) is 44.7 Å². The van der Waals surface area contributed by atoms with Crippen molar-refractivity contribution in [2.45, 2.75) is 12.6 Å². The topological polar surface area (TPSA) is 82.6 Å². The first kappa shape index (κ1) is 26.2. The summed E-state index contributed by atoms with van der Waals surface area (Å²) in [5.41, 5.74) is 0.115. The number of alkyl halides is 3. The van der Waals surface area contributed by atoms with Gasteiger partial charge in [0.2, 0.25) is 5.91 Å². The van der Waals surface area contributed by atoms with Crippen LogP contribution >= 0.6 is 11.3 Å². The van der Waals surface area contributed by atoms with E-state index in [-0.39, 0.29) is 28.4 Å². The summed E-state index contributed by atoms with van der Waals surface area (Å²) in [7, 11) is 2.99. The maximum atomic E-state index is 15.0. The predicted molar refractivity (Wildman–Crippen MR) is 138 cm³/mol. The molecule has 0 aliphatic rings. The van der Waals surface area contributed by atoms with Gasteiger partial charge in [-0.3, -0.25) is 9.78 Å². The molecule has 0 bridgehead atoms. The first-order valence-corrected chi connectivity index (χ1v) is 12.2. The van der Waals surface area contributed by atoms with Crippen molar-refractivity contribution in [3.63, 3.8) is 0 Å². The van der Waals surface area contributed by atoms with Crippen LogP contribution in [0.1, 0.15) is 11.1 Å². The second-order valence-corrected chi connectivity index (χ2v) is 9.33. The van der Waals surface area contributed by atoms with Gasteiger partial charge in [-0.15, -0.1) is 0 Å². The largest absolute Gasteiger partial charge is 0.493 e. The molecule has 0 saturated carbocycles. The zero-order chi connectivity index (χ0) is 27.7. The molecule has 2 heterocycles. The second kappa shape index (κ2) is 10.4. The molecule has 39 heavy (non-hydrogen) atoms. The number of hydrogen-bond acceptors (Lipinski definition) is 7. The van der Waals surface area contributed by atoms with Gasteiger partial charge < -0.3 is 19.5 Å². The van der Waals surface area contributed by atoms with Gasteiger partial charge in [-0.25, -0.2) is 9.37 Å². The monoisotopic (exact) mass is 557 g/mol. The summed E-state index contributed by atoms with van der Waals surface area (Å²) < 4.78 is 71.0. The Hall–Kier alpha value is -4.45. The molecule has 5 rings (SSSR count). The van der Waals surface area contributed by atoms with Gasteiger partial charge in [0, 0.05) is 23.7 Å². The van der Waals surface area contributed by atoms with Crippen LogP contribution in [0.4, 0.5) is 22.7 Å². The molecule has 1 N–H and O–H groups in total. The number of rotatable bonds is 7. The number of anilines is 1. The molecule has 0 atom stereocenters. The number of thiazole rings is 1. The van der Waals surface area contributed by atoms with Crippen LogP contribution in [0.15, 0.2) is 60.8 Å². The normalized spacial score (nSPS) is 11.5. The number of benzene rings is 3. The van der Waals surface area contributed by atoms with E-state index in [2.05, 4.69) is 15.3 Å². The number of halogens is 4. The van der Waals surface area contributed by atoms with Gasteiger partial charge in [-0.1, -0.05) is 29.5 Å². The van der Waals surface area contributed by atoms with Gasteiger partial charge >= 0.3 is 6.18 Å². The van der Waals surface area contributed by atoms with Crippen molar-refractivity contribution < 1.29 is 36.6 Å². The number of methoxy groups -OCH3 is 2. The third-order valence-corrected chi connectivity index (χ3v) is 6.68. The lowest BCUT2D eigenvalue weighted by molar-refractivity contribution is -0.137. The molecule has 0 saturated heterocycles. The summed E-state index contributed by atoms with van der Waals surface area (Å²) in [4.78, 5) is 21.0. The standard InChI is InChI=1S/C27H19F4N3O4S/c1-36-20-7-6-16-19(8-9-32-24(16)25(20)37-2)38-21-13-22-18(12-17(21)28)33-26(39-22)34-23(35)11-14-4-3-5-15(10-14)27(29,30)31/h3-10,12-13H,11H2,1-2H3,(H,33,34,35). The fourth-order valence-corrected chi connectivity index (χ4v) is 4.87. The lowest BCUT2D eigenvalue weighted by Gasteiger charge is -2.13. The van der Waals surface area contributed by atoms with Gasteiger partial charge in [0.1, 0.15) is 11.3 Å². The molecular weight excluding hydrogens is 538 g/mol. The summed E-state index contributed by atoms with van der Waals surface area (Å²) in [5, 5.41) is 3.31. The molecule has 7 nitrogen and oxygen atoms in total. The number of carbonyl (C=O) groups excluding carboxylic acids is 1. The van der Waals surface area contributed by atoms with Crippen LogP contribution in [-0.4, -0.2) is 30.1 Å². The zero-order valence-electron chi connectivity index (χ0n) is 20.4. The zero-order valence-corrected chi connectivity index (χ0v) is 21.2. The molecule has 0 fully saturated rings.